The molecule has 0 aromatic heterocycles. The van der Waals surface area contributed by atoms with Gasteiger partial charge >= 0.3 is 0 Å². The molecule has 0 aliphatic heterocycles. The lowest BCUT2D eigenvalue weighted by molar-refractivity contribution is -0.116. The minimum Gasteiger partial charge on any atom is -0.497 e. The molecule has 0 radical (unpaired) electrons. The number of nitrogens with zero attached hydrogens (tertiary/aromatic N) is 1. The van der Waals surface area contributed by atoms with Gasteiger partial charge in [0.1, 0.15) is 5.75 Å². The van der Waals surface area contributed by atoms with Gasteiger partial charge in [-0.05, 0) is 35.2 Å². The highest BCUT2D eigenvalue weighted by atomic mass is 16.5. The Bertz CT molecular complexity index is 777. The number of hydrogen-bond acceptors (Lipinski definition) is 3. The Hall–Kier alpha value is -2.82. The van der Waals surface area contributed by atoms with E-state index in [1.165, 1.54) is 4.90 Å². The van der Waals surface area contributed by atoms with Crippen LogP contribution < -0.4 is 10.1 Å². The molecule has 0 aliphatic carbocycles. The van der Waals surface area contributed by atoms with Gasteiger partial charge < -0.3 is 15.0 Å². The average molecular weight is 354 g/mol. The predicted molar refractivity (Wildman–Crippen MR) is 104 cm³/mol. The summed E-state index contributed by atoms with van der Waals surface area (Å²) in [7, 11) is 3.18. The van der Waals surface area contributed by atoms with Crippen LogP contribution in [0.15, 0.2) is 48.5 Å². The highest BCUT2D eigenvalue weighted by Gasteiger charge is 2.17. The number of benzene rings is 2. The highest BCUT2D eigenvalue weighted by Crippen LogP contribution is 2.22. The van der Waals surface area contributed by atoms with E-state index in [1.54, 1.807) is 50.6 Å². The number of anilines is 1. The summed E-state index contributed by atoms with van der Waals surface area (Å²) in [6, 6.07) is 14.6. The van der Waals surface area contributed by atoms with Crippen molar-refractivity contribution in [2.24, 2.45) is 0 Å². The summed E-state index contributed by atoms with van der Waals surface area (Å²) in [6.45, 7) is 6.34. The van der Waals surface area contributed by atoms with Crippen molar-refractivity contribution < 1.29 is 14.3 Å². The number of methoxy groups -OCH3 is 1. The quantitative estimate of drug-likeness (QED) is 0.891. The van der Waals surface area contributed by atoms with Crippen LogP contribution in [0.25, 0.3) is 0 Å². The number of rotatable bonds is 5. The van der Waals surface area contributed by atoms with E-state index in [9.17, 15) is 9.59 Å². The van der Waals surface area contributed by atoms with Crippen molar-refractivity contribution in [3.8, 4) is 5.75 Å². The standard InChI is InChI=1S/C21H26N2O3/c1-21(2,3)16-11-9-15(10-12-16)20(25)23(4)14-19(24)22-17-7-6-8-18(13-17)26-5/h6-13H,14H2,1-5H3,(H,22,24). The summed E-state index contributed by atoms with van der Waals surface area (Å²) in [5, 5.41) is 2.77. The molecule has 0 unspecified atom stereocenters. The van der Waals surface area contributed by atoms with E-state index in [1.807, 2.05) is 12.1 Å². The van der Waals surface area contributed by atoms with Gasteiger partial charge in [-0.25, -0.2) is 0 Å². The van der Waals surface area contributed by atoms with Crippen LogP contribution in [0.4, 0.5) is 5.69 Å². The molecule has 0 heterocycles. The highest BCUT2D eigenvalue weighted by molar-refractivity contribution is 5.99. The van der Waals surface area contributed by atoms with Gasteiger partial charge in [-0.1, -0.05) is 39.0 Å². The first-order chi connectivity index (χ1) is 12.2. The van der Waals surface area contributed by atoms with Crippen LogP contribution in [0, 0.1) is 0 Å². The van der Waals surface area contributed by atoms with E-state index in [4.69, 9.17) is 4.74 Å². The Morgan fingerprint density at radius 1 is 1.08 bits per heavy atom. The van der Waals surface area contributed by atoms with Gasteiger partial charge in [0, 0.05) is 24.4 Å². The largest absolute Gasteiger partial charge is 0.497 e. The van der Waals surface area contributed by atoms with Crippen molar-refractivity contribution in [3.05, 3.63) is 59.7 Å². The molecule has 0 bridgehead atoms. The molecule has 0 saturated heterocycles. The van der Waals surface area contributed by atoms with E-state index in [0.29, 0.717) is 17.0 Å². The average Bonchev–Trinajstić information content (AvgIpc) is 2.60. The summed E-state index contributed by atoms with van der Waals surface area (Å²) in [5.74, 6) is 0.206. The second kappa shape index (κ2) is 8.04. The molecule has 138 valence electrons. The van der Waals surface area contributed by atoms with Crippen LogP contribution in [0.5, 0.6) is 5.75 Å². The van der Waals surface area contributed by atoms with Crippen molar-refractivity contribution in [3.63, 3.8) is 0 Å². The first-order valence-electron chi connectivity index (χ1n) is 8.50. The monoisotopic (exact) mass is 354 g/mol. The first-order valence-corrected chi connectivity index (χ1v) is 8.50. The summed E-state index contributed by atoms with van der Waals surface area (Å²) < 4.78 is 5.13. The zero-order valence-corrected chi connectivity index (χ0v) is 16.0. The number of likely N-dealkylation sites (N-methyl/N-ethyl adjacent to an activating group) is 1. The van der Waals surface area contributed by atoms with E-state index < -0.39 is 0 Å². The van der Waals surface area contributed by atoms with E-state index in [-0.39, 0.29) is 23.8 Å². The van der Waals surface area contributed by atoms with Gasteiger partial charge in [0.25, 0.3) is 5.91 Å². The summed E-state index contributed by atoms with van der Waals surface area (Å²) in [4.78, 5) is 26.1. The van der Waals surface area contributed by atoms with Gasteiger partial charge in [0.2, 0.25) is 5.91 Å². The fraction of sp³-hybridized carbons (Fsp3) is 0.333. The maximum Gasteiger partial charge on any atom is 0.254 e. The molecule has 0 fully saturated rings. The van der Waals surface area contributed by atoms with Gasteiger partial charge in [-0.15, -0.1) is 0 Å². The number of nitrogens with one attached hydrogen (secondary N) is 1. The molecule has 2 aromatic rings. The SMILES string of the molecule is COc1cccc(NC(=O)CN(C)C(=O)c2ccc(C(C)(C)C)cc2)c1. The Morgan fingerprint density at radius 3 is 2.31 bits per heavy atom. The molecule has 0 spiro atoms. The smallest absolute Gasteiger partial charge is 0.254 e. The van der Waals surface area contributed by atoms with Gasteiger partial charge in [-0.3, -0.25) is 9.59 Å². The molecule has 0 saturated carbocycles. The molecular formula is C21H26N2O3. The lowest BCUT2D eigenvalue weighted by Crippen LogP contribution is -2.35. The number of carbonyl (C=O) groups is 2. The zero-order chi connectivity index (χ0) is 19.3. The van der Waals surface area contributed by atoms with Gasteiger partial charge in [-0.2, -0.15) is 0 Å². The summed E-state index contributed by atoms with van der Waals surface area (Å²) in [5.41, 5.74) is 2.39. The number of hydrogen-bond donors (Lipinski definition) is 1. The van der Waals surface area contributed by atoms with E-state index in [0.717, 1.165) is 5.56 Å². The van der Waals surface area contributed by atoms with Crippen LogP contribution in [-0.4, -0.2) is 37.4 Å². The third-order valence-electron chi connectivity index (χ3n) is 4.08. The fourth-order valence-corrected chi connectivity index (χ4v) is 2.52. The third-order valence-corrected chi connectivity index (χ3v) is 4.08. The zero-order valence-electron chi connectivity index (χ0n) is 16.0. The topological polar surface area (TPSA) is 58.6 Å². The van der Waals surface area contributed by atoms with Crippen molar-refractivity contribution in [1.82, 2.24) is 4.90 Å². The van der Waals surface area contributed by atoms with E-state index in [2.05, 4.69) is 26.1 Å². The molecule has 2 amide bonds. The Morgan fingerprint density at radius 2 is 1.73 bits per heavy atom. The van der Waals surface area contributed by atoms with Crippen LogP contribution in [0.3, 0.4) is 0 Å². The first kappa shape index (κ1) is 19.5. The van der Waals surface area contributed by atoms with Gasteiger partial charge in [0.05, 0.1) is 13.7 Å². The maximum absolute atomic E-state index is 12.5. The molecule has 0 aliphatic rings. The van der Waals surface area contributed by atoms with Crippen LogP contribution in [0.1, 0.15) is 36.7 Å². The second-order valence-corrected chi connectivity index (χ2v) is 7.27. The molecule has 26 heavy (non-hydrogen) atoms. The van der Waals surface area contributed by atoms with Crippen molar-refractivity contribution in [2.75, 3.05) is 26.0 Å². The van der Waals surface area contributed by atoms with Crippen molar-refractivity contribution in [2.45, 2.75) is 26.2 Å². The third kappa shape index (κ3) is 5.09. The molecular weight excluding hydrogens is 328 g/mol. The normalized spacial score (nSPS) is 11.0. The lowest BCUT2D eigenvalue weighted by Gasteiger charge is -2.20. The molecule has 0 atom stereocenters. The molecule has 2 aromatic carbocycles. The van der Waals surface area contributed by atoms with Gasteiger partial charge in [0.15, 0.2) is 0 Å². The molecule has 2 rings (SSSR count). The van der Waals surface area contributed by atoms with Crippen LogP contribution in [-0.2, 0) is 10.2 Å². The summed E-state index contributed by atoms with van der Waals surface area (Å²) >= 11 is 0. The maximum atomic E-state index is 12.5. The Balaban J connectivity index is 1.98. The van der Waals surface area contributed by atoms with Crippen LogP contribution in [0.2, 0.25) is 0 Å². The molecule has 5 heteroatoms. The number of amides is 2. The minimum absolute atomic E-state index is 0.0307. The predicted octanol–water partition coefficient (Wildman–Crippen LogP) is 3.70. The number of carbonyl (C=O) groups excluding carboxylic acids is 2. The van der Waals surface area contributed by atoms with Crippen molar-refractivity contribution in [1.29, 1.82) is 0 Å². The number of ether oxygens (including phenoxy) is 1. The van der Waals surface area contributed by atoms with Crippen molar-refractivity contribution >= 4 is 17.5 Å². The summed E-state index contributed by atoms with van der Waals surface area (Å²) in [6.07, 6.45) is 0. The molecule has 1 N–H and O–H groups in total. The Kier molecular flexibility index (Phi) is 6.03. The van der Waals surface area contributed by atoms with E-state index >= 15 is 0 Å². The lowest BCUT2D eigenvalue weighted by atomic mass is 9.86. The second-order valence-electron chi connectivity index (χ2n) is 7.27. The minimum atomic E-state index is -0.264. The molecule has 5 nitrogen and oxygen atoms in total. The fourth-order valence-electron chi connectivity index (χ4n) is 2.52. The van der Waals surface area contributed by atoms with Crippen LogP contribution >= 0.6 is 0 Å². The Labute approximate surface area is 155 Å².